The van der Waals surface area contributed by atoms with Crippen LogP contribution >= 0.6 is 23.4 Å². The summed E-state index contributed by atoms with van der Waals surface area (Å²) in [6.07, 6.45) is 3.06. The first-order valence-corrected chi connectivity index (χ1v) is 7.74. The molecule has 1 aromatic carbocycles. The molecule has 0 aliphatic carbocycles. The fourth-order valence-corrected chi connectivity index (χ4v) is 2.60. The van der Waals surface area contributed by atoms with E-state index in [1.54, 1.807) is 18.0 Å². The Morgan fingerprint density at radius 3 is 2.80 bits per heavy atom. The third-order valence-corrected chi connectivity index (χ3v) is 4.02. The van der Waals surface area contributed by atoms with Crippen molar-refractivity contribution in [3.8, 4) is 0 Å². The molecule has 6 heteroatoms. The molecule has 4 nitrogen and oxygen atoms in total. The number of carbonyl (C=O) groups excluding carboxylic acids is 1. The molecule has 20 heavy (non-hydrogen) atoms. The molecule has 1 aromatic heterocycles. The predicted molar refractivity (Wildman–Crippen MR) is 81.8 cm³/mol. The first-order chi connectivity index (χ1) is 9.74. The van der Waals surface area contributed by atoms with Crippen molar-refractivity contribution >= 4 is 29.3 Å². The van der Waals surface area contributed by atoms with Gasteiger partial charge in [0.2, 0.25) is 5.91 Å². The Bertz CT molecular complexity index is 528. The number of H-pyrrole nitrogens is 1. The molecule has 2 N–H and O–H groups in total. The molecule has 0 aliphatic heterocycles. The van der Waals surface area contributed by atoms with Gasteiger partial charge >= 0.3 is 0 Å². The summed E-state index contributed by atoms with van der Waals surface area (Å²) in [5.41, 5.74) is 0.911. The quantitative estimate of drug-likeness (QED) is 0.610. The van der Waals surface area contributed by atoms with Crippen LogP contribution in [-0.4, -0.2) is 21.9 Å². The maximum absolute atomic E-state index is 11.6. The zero-order valence-electron chi connectivity index (χ0n) is 10.9. The fourth-order valence-electron chi connectivity index (χ4n) is 1.62. The van der Waals surface area contributed by atoms with Gasteiger partial charge in [-0.3, -0.25) is 9.89 Å². The highest BCUT2D eigenvalue weighted by molar-refractivity contribution is 7.99. The summed E-state index contributed by atoms with van der Waals surface area (Å²) >= 11 is 7.55. The van der Waals surface area contributed by atoms with Crippen LogP contribution in [-0.2, 0) is 11.3 Å². The second-order valence-electron chi connectivity index (χ2n) is 4.26. The second-order valence-corrected chi connectivity index (χ2v) is 5.87. The van der Waals surface area contributed by atoms with E-state index in [1.807, 2.05) is 30.3 Å². The Labute approximate surface area is 127 Å². The lowest BCUT2D eigenvalue weighted by Crippen LogP contribution is -2.22. The lowest BCUT2D eigenvalue weighted by molar-refractivity contribution is -0.121. The summed E-state index contributed by atoms with van der Waals surface area (Å²) in [4.78, 5) is 12.8. The van der Waals surface area contributed by atoms with Gasteiger partial charge < -0.3 is 5.32 Å². The van der Waals surface area contributed by atoms with Crippen LogP contribution in [0, 0.1) is 0 Å². The van der Waals surface area contributed by atoms with Crippen LogP contribution in [0.4, 0.5) is 0 Å². The summed E-state index contributed by atoms with van der Waals surface area (Å²) in [6, 6.07) is 9.58. The number of benzene rings is 1. The molecule has 2 aromatic rings. The zero-order chi connectivity index (χ0) is 14.2. The number of nitrogens with one attached hydrogen (secondary N) is 2. The maximum Gasteiger partial charge on any atom is 0.220 e. The normalized spacial score (nSPS) is 10.4. The van der Waals surface area contributed by atoms with Crippen molar-refractivity contribution in [1.29, 1.82) is 0 Å². The third-order valence-electron chi connectivity index (χ3n) is 2.66. The minimum absolute atomic E-state index is 0.0660. The largest absolute Gasteiger partial charge is 0.350 e. The summed E-state index contributed by atoms with van der Waals surface area (Å²) in [6.45, 7) is 0.503. The molecule has 0 atom stereocenters. The second kappa shape index (κ2) is 7.97. The molecule has 0 bridgehead atoms. The topological polar surface area (TPSA) is 57.8 Å². The van der Waals surface area contributed by atoms with Gasteiger partial charge in [0, 0.05) is 22.5 Å². The minimum atomic E-state index is 0.0660. The van der Waals surface area contributed by atoms with Crippen molar-refractivity contribution in [2.75, 3.05) is 5.75 Å². The average Bonchev–Trinajstić information content (AvgIpc) is 2.96. The van der Waals surface area contributed by atoms with Crippen molar-refractivity contribution in [1.82, 2.24) is 15.5 Å². The molecular weight excluding hydrogens is 294 g/mol. The van der Waals surface area contributed by atoms with E-state index >= 15 is 0 Å². The molecule has 106 valence electrons. The predicted octanol–water partition coefficient (Wildman–Crippen LogP) is 3.25. The first-order valence-electron chi connectivity index (χ1n) is 6.37. The van der Waals surface area contributed by atoms with E-state index in [4.69, 9.17) is 11.6 Å². The van der Waals surface area contributed by atoms with E-state index in [0.29, 0.717) is 13.0 Å². The fraction of sp³-hybridized carbons (Fsp3) is 0.286. The number of hydrogen-bond donors (Lipinski definition) is 2. The van der Waals surface area contributed by atoms with Crippen LogP contribution in [0.1, 0.15) is 18.5 Å². The van der Waals surface area contributed by atoms with Crippen LogP contribution in [0.3, 0.4) is 0 Å². The summed E-state index contributed by atoms with van der Waals surface area (Å²) in [5, 5.41) is 10.2. The lowest BCUT2D eigenvalue weighted by Gasteiger charge is -2.04. The summed E-state index contributed by atoms with van der Waals surface area (Å²) in [5.74, 6) is 0.982. The van der Waals surface area contributed by atoms with Gasteiger partial charge in [-0.1, -0.05) is 11.6 Å². The molecule has 1 amide bonds. The summed E-state index contributed by atoms with van der Waals surface area (Å²) in [7, 11) is 0. The maximum atomic E-state index is 11.6. The summed E-state index contributed by atoms with van der Waals surface area (Å²) < 4.78 is 0. The number of rotatable bonds is 7. The SMILES string of the molecule is O=C(CCCSc1ccc(Cl)cc1)NCc1ccn[nH]1. The van der Waals surface area contributed by atoms with Crippen LogP contribution in [0.2, 0.25) is 5.02 Å². The number of thioether (sulfide) groups is 1. The molecule has 0 unspecified atom stereocenters. The van der Waals surface area contributed by atoms with E-state index in [2.05, 4.69) is 15.5 Å². The van der Waals surface area contributed by atoms with Crippen molar-refractivity contribution in [3.63, 3.8) is 0 Å². The Morgan fingerprint density at radius 2 is 2.10 bits per heavy atom. The van der Waals surface area contributed by atoms with Gasteiger partial charge in [-0.05, 0) is 42.5 Å². The van der Waals surface area contributed by atoms with Crippen LogP contribution in [0.15, 0.2) is 41.4 Å². The van der Waals surface area contributed by atoms with Gasteiger partial charge in [0.25, 0.3) is 0 Å². The van der Waals surface area contributed by atoms with Gasteiger partial charge in [-0.2, -0.15) is 5.10 Å². The zero-order valence-corrected chi connectivity index (χ0v) is 12.5. The smallest absolute Gasteiger partial charge is 0.220 e. The van der Waals surface area contributed by atoms with E-state index in [1.165, 1.54) is 4.90 Å². The van der Waals surface area contributed by atoms with E-state index in [9.17, 15) is 4.79 Å². The Morgan fingerprint density at radius 1 is 1.30 bits per heavy atom. The Balaban J connectivity index is 1.58. The van der Waals surface area contributed by atoms with Crippen molar-refractivity contribution in [2.45, 2.75) is 24.3 Å². The number of carbonyl (C=O) groups is 1. The molecule has 0 fully saturated rings. The highest BCUT2D eigenvalue weighted by atomic mass is 35.5. The highest BCUT2D eigenvalue weighted by Gasteiger charge is 2.02. The minimum Gasteiger partial charge on any atom is -0.350 e. The van der Waals surface area contributed by atoms with Crippen molar-refractivity contribution in [2.24, 2.45) is 0 Å². The standard InChI is InChI=1S/C14H16ClN3OS/c15-11-3-5-13(6-4-11)20-9-1-2-14(19)16-10-12-7-8-17-18-12/h3-8H,1-2,9-10H2,(H,16,19)(H,17,18). The van der Waals surface area contributed by atoms with Crippen molar-refractivity contribution in [3.05, 3.63) is 47.2 Å². The molecule has 0 aliphatic rings. The molecule has 0 saturated heterocycles. The lowest BCUT2D eigenvalue weighted by atomic mass is 10.3. The van der Waals surface area contributed by atoms with E-state index < -0.39 is 0 Å². The third kappa shape index (κ3) is 5.27. The van der Waals surface area contributed by atoms with Gasteiger partial charge in [0.15, 0.2) is 0 Å². The van der Waals surface area contributed by atoms with Gasteiger partial charge in [0.05, 0.1) is 12.2 Å². The molecule has 0 saturated carbocycles. The average molecular weight is 310 g/mol. The highest BCUT2D eigenvalue weighted by Crippen LogP contribution is 2.21. The number of halogens is 1. The van der Waals surface area contributed by atoms with Crippen LogP contribution < -0.4 is 5.32 Å². The van der Waals surface area contributed by atoms with Gasteiger partial charge in [-0.25, -0.2) is 0 Å². The molecule has 1 heterocycles. The number of amides is 1. The molecular formula is C14H16ClN3OS. The van der Waals surface area contributed by atoms with Crippen LogP contribution in [0.25, 0.3) is 0 Å². The Hall–Kier alpha value is -1.46. The molecule has 0 radical (unpaired) electrons. The monoisotopic (exact) mass is 309 g/mol. The number of aromatic nitrogens is 2. The Kier molecular flexibility index (Phi) is 5.95. The number of nitrogens with zero attached hydrogens (tertiary/aromatic N) is 1. The number of aromatic amines is 1. The van der Waals surface area contributed by atoms with E-state index in [0.717, 1.165) is 22.9 Å². The molecule has 0 spiro atoms. The van der Waals surface area contributed by atoms with Gasteiger partial charge in [-0.15, -0.1) is 11.8 Å². The molecule has 2 rings (SSSR count). The van der Waals surface area contributed by atoms with Crippen molar-refractivity contribution < 1.29 is 4.79 Å². The van der Waals surface area contributed by atoms with Gasteiger partial charge in [0.1, 0.15) is 0 Å². The first kappa shape index (κ1) is 14.9. The number of hydrogen-bond acceptors (Lipinski definition) is 3. The van der Waals surface area contributed by atoms with Crippen LogP contribution in [0.5, 0.6) is 0 Å². The van der Waals surface area contributed by atoms with E-state index in [-0.39, 0.29) is 5.91 Å².